The van der Waals surface area contributed by atoms with Gasteiger partial charge in [-0.1, -0.05) is 0 Å². The van der Waals surface area contributed by atoms with Gasteiger partial charge in [0.05, 0.1) is 12.3 Å². The van der Waals surface area contributed by atoms with Crippen molar-refractivity contribution in [3.05, 3.63) is 28.4 Å². The summed E-state index contributed by atoms with van der Waals surface area (Å²) in [5, 5.41) is 19.6. The van der Waals surface area contributed by atoms with Gasteiger partial charge in [-0.25, -0.2) is 4.57 Å². The van der Waals surface area contributed by atoms with E-state index in [9.17, 15) is 24.0 Å². The van der Waals surface area contributed by atoms with Crippen LogP contribution in [0.4, 0.5) is 10.1 Å². The zero-order valence-corrected chi connectivity index (χ0v) is 11.8. The molecule has 2 rings (SSSR count). The molecule has 0 amide bonds. The van der Waals surface area contributed by atoms with Crippen LogP contribution in [0.5, 0.6) is 0 Å². The van der Waals surface area contributed by atoms with Crippen molar-refractivity contribution in [1.82, 2.24) is 4.57 Å². The second-order valence-corrected chi connectivity index (χ2v) is 5.87. The molecule has 2 heterocycles. The van der Waals surface area contributed by atoms with Gasteiger partial charge in [0.1, 0.15) is 18.3 Å². The monoisotopic (exact) mass is 340 g/mol. The van der Waals surface area contributed by atoms with Crippen LogP contribution in [-0.2, 0) is 13.8 Å². The fourth-order valence-corrected chi connectivity index (χ4v) is 2.35. The molecule has 1 saturated heterocycles. The highest BCUT2D eigenvalue weighted by atomic mass is 31.2. The van der Waals surface area contributed by atoms with Gasteiger partial charge in [0.15, 0.2) is 6.23 Å². The Bertz CT molecular complexity index is 661. The molecule has 0 spiro atoms. The van der Waals surface area contributed by atoms with E-state index in [2.05, 4.69) is 4.52 Å². The van der Waals surface area contributed by atoms with E-state index in [0.29, 0.717) is 4.57 Å². The number of nitrogen functional groups attached to an aromatic ring is 1. The Hall–Kier alpha value is -1.33. The predicted octanol–water partition coefficient (Wildman–Crippen LogP) is -1.70. The zero-order chi connectivity index (χ0) is 16.7. The van der Waals surface area contributed by atoms with E-state index in [1.54, 1.807) is 0 Å². The lowest BCUT2D eigenvalue weighted by Gasteiger charge is -2.18. The maximum absolute atomic E-state index is 13.5. The minimum absolute atomic E-state index is 0.393. The van der Waals surface area contributed by atoms with Crippen LogP contribution in [0.2, 0.25) is 0 Å². The fraction of sp³-hybridized carbons (Fsp3) is 0.500. The van der Waals surface area contributed by atoms with E-state index in [-0.39, 0.29) is 0 Å². The van der Waals surface area contributed by atoms with E-state index in [0.717, 1.165) is 12.3 Å². The van der Waals surface area contributed by atoms with Gasteiger partial charge >= 0.3 is 7.82 Å². The molecule has 10 nitrogen and oxygen atoms in total. The van der Waals surface area contributed by atoms with Gasteiger partial charge in [0.25, 0.3) is 5.56 Å². The lowest BCUT2D eigenvalue weighted by atomic mass is 10.1. The summed E-state index contributed by atoms with van der Waals surface area (Å²) in [5.41, 5.74) is 3.66. The lowest BCUT2D eigenvalue weighted by Crippen LogP contribution is -2.36. The molecule has 0 aliphatic carbocycles. The molecule has 1 aliphatic rings. The number of hydrogen-bond acceptors (Lipinski definition) is 7. The van der Waals surface area contributed by atoms with Crippen LogP contribution >= 0.6 is 7.82 Å². The number of halogens is 1. The topological polar surface area (TPSA) is 164 Å². The van der Waals surface area contributed by atoms with Crippen LogP contribution in [0.15, 0.2) is 17.1 Å². The summed E-state index contributed by atoms with van der Waals surface area (Å²) >= 11 is 0. The van der Waals surface area contributed by atoms with Gasteiger partial charge in [-0.15, -0.1) is 0 Å². The van der Waals surface area contributed by atoms with Gasteiger partial charge in [-0.2, -0.15) is 4.39 Å². The number of anilines is 1. The molecule has 12 heteroatoms. The predicted molar refractivity (Wildman–Crippen MR) is 69.0 cm³/mol. The van der Waals surface area contributed by atoms with Crippen LogP contribution in [0.1, 0.15) is 6.23 Å². The Labute approximate surface area is 122 Å². The highest BCUT2D eigenvalue weighted by molar-refractivity contribution is 7.46. The molecule has 0 saturated carbocycles. The maximum Gasteiger partial charge on any atom is 0.469 e. The first kappa shape index (κ1) is 17.0. The molecule has 1 aliphatic heterocycles. The highest BCUT2D eigenvalue weighted by Crippen LogP contribution is 2.38. The second-order valence-electron chi connectivity index (χ2n) is 4.63. The first-order chi connectivity index (χ1) is 10.1. The number of aliphatic hydroxyl groups excluding tert-OH is 2. The van der Waals surface area contributed by atoms with Crippen LogP contribution in [-0.4, -0.2) is 49.5 Å². The molecule has 0 radical (unpaired) electrons. The Balaban J connectivity index is 2.22. The van der Waals surface area contributed by atoms with Gasteiger partial charge in [-0.05, 0) is 6.07 Å². The van der Waals surface area contributed by atoms with E-state index in [1.807, 2.05) is 0 Å². The molecule has 6 N–H and O–H groups in total. The zero-order valence-electron chi connectivity index (χ0n) is 10.9. The number of aromatic nitrogens is 1. The van der Waals surface area contributed by atoms with Crippen LogP contribution in [0, 0.1) is 5.82 Å². The Morgan fingerprint density at radius 3 is 2.64 bits per heavy atom. The normalized spacial score (nSPS) is 29.0. The number of rotatable bonds is 4. The van der Waals surface area contributed by atoms with Gasteiger partial charge in [0, 0.05) is 6.20 Å². The van der Waals surface area contributed by atoms with Gasteiger partial charge < -0.3 is 30.5 Å². The smallest absolute Gasteiger partial charge is 0.396 e. The number of pyridine rings is 1. The van der Waals surface area contributed by atoms with Crippen LogP contribution in [0.25, 0.3) is 0 Å². The van der Waals surface area contributed by atoms with Gasteiger partial charge in [0.2, 0.25) is 5.82 Å². The fourth-order valence-electron chi connectivity index (χ4n) is 2.01. The van der Waals surface area contributed by atoms with Crippen molar-refractivity contribution in [2.75, 3.05) is 12.3 Å². The number of nitrogens with two attached hydrogens (primary N) is 1. The SMILES string of the molecule is Nc1ccn(C2OC(COP(=O)(O)O)C(O)C2O)c(=O)c1F. The number of ether oxygens (including phenoxy) is 1. The number of phosphoric acid groups is 1. The molecule has 1 aromatic heterocycles. The van der Waals surface area contributed by atoms with Crippen LogP contribution < -0.4 is 11.3 Å². The first-order valence-corrected chi connectivity index (χ1v) is 7.52. The standard InChI is InChI=1S/C10H14FN2O8P/c11-6-4(12)1-2-13(9(6)16)10-8(15)7(14)5(21-10)3-20-22(17,18)19/h1-2,5,7-8,10,14-15H,3,12H2,(H2,17,18,19). The third-order valence-corrected chi connectivity index (χ3v) is 3.59. The molecule has 124 valence electrons. The minimum atomic E-state index is -4.80. The first-order valence-electron chi connectivity index (χ1n) is 5.99. The van der Waals surface area contributed by atoms with E-state index < -0.39 is 56.0 Å². The van der Waals surface area contributed by atoms with Crippen molar-refractivity contribution in [3.63, 3.8) is 0 Å². The summed E-state index contributed by atoms with van der Waals surface area (Å²) in [5.74, 6) is -1.25. The summed E-state index contributed by atoms with van der Waals surface area (Å²) in [6.07, 6.45) is -4.94. The van der Waals surface area contributed by atoms with E-state index in [4.69, 9.17) is 20.3 Å². The van der Waals surface area contributed by atoms with Crippen molar-refractivity contribution < 1.29 is 38.2 Å². The van der Waals surface area contributed by atoms with Crippen molar-refractivity contribution in [2.24, 2.45) is 0 Å². The van der Waals surface area contributed by atoms with Crippen molar-refractivity contribution >= 4 is 13.5 Å². The summed E-state index contributed by atoms with van der Waals surface area (Å²) in [6.45, 7) is -0.731. The van der Waals surface area contributed by atoms with Crippen molar-refractivity contribution in [2.45, 2.75) is 24.5 Å². The molecule has 4 atom stereocenters. The average molecular weight is 340 g/mol. The number of nitrogens with zero attached hydrogens (tertiary/aromatic N) is 1. The molecule has 4 unspecified atom stereocenters. The van der Waals surface area contributed by atoms with Crippen LogP contribution in [0.3, 0.4) is 0 Å². The number of aliphatic hydroxyl groups is 2. The molecule has 1 fully saturated rings. The molecule has 0 aromatic carbocycles. The third-order valence-electron chi connectivity index (χ3n) is 3.11. The molecule has 22 heavy (non-hydrogen) atoms. The summed E-state index contributed by atoms with van der Waals surface area (Å²) in [7, 11) is -4.80. The summed E-state index contributed by atoms with van der Waals surface area (Å²) in [4.78, 5) is 28.9. The quantitative estimate of drug-likeness (QED) is 0.402. The highest BCUT2D eigenvalue weighted by Gasteiger charge is 2.45. The minimum Gasteiger partial charge on any atom is -0.396 e. The average Bonchev–Trinajstić information content (AvgIpc) is 2.70. The maximum atomic E-state index is 13.5. The number of hydrogen-bond donors (Lipinski definition) is 5. The van der Waals surface area contributed by atoms with E-state index >= 15 is 0 Å². The molecule has 1 aromatic rings. The molecular formula is C10H14FN2O8P. The lowest BCUT2D eigenvalue weighted by molar-refractivity contribution is -0.0540. The van der Waals surface area contributed by atoms with Gasteiger partial charge in [-0.3, -0.25) is 13.9 Å². The Kier molecular flexibility index (Phi) is 4.68. The summed E-state index contributed by atoms with van der Waals surface area (Å²) in [6, 6.07) is 1.07. The Morgan fingerprint density at radius 1 is 1.41 bits per heavy atom. The van der Waals surface area contributed by atoms with Crippen molar-refractivity contribution in [3.8, 4) is 0 Å². The van der Waals surface area contributed by atoms with E-state index in [1.165, 1.54) is 0 Å². The number of phosphoric ester groups is 1. The molecule has 0 bridgehead atoms. The van der Waals surface area contributed by atoms with Crippen molar-refractivity contribution in [1.29, 1.82) is 0 Å². The second kappa shape index (κ2) is 6.05. The largest absolute Gasteiger partial charge is 0.469 e. The summed E-state index contributed by atoms with van der Waals surface area (Å²) < 4.78 is 34.1. The third kappa shape index (κ3) is 3.36. The molecular weight excluding hydrogens is 326 g/mol. The Morgan fingerprint density at radius 2 is 2.05 bits per heavy atom.